The van der Waals surface area contributed by atoms with Crippen LogP contribution in [0.3, 0.4) is 0 Å². The molecular weight excluding hydrogens is 322 g/mol. The first-order chi connectivity index (χ1) is 11.0. The van der Waals surface area contributed by atoms with Gasteiger partial charge in [-0.1, -0.05) is 0 Å². The fourth-order valence-corrected chi connectivity index (χ4v) is 3.11. The van der Waals surface area contributed by atoms with Gasteiger partial charge in [-0.25, -0.2) is 13.2 Å². The third-order valence-electron chi connectivity index (χ3n) is 3.21. The van der Waals surface area contributed by atoms with Crippen LogP contribution in [0.25, 0.3) is 0 Å². The smallest absolute Gasteiger partial charge is 0.337 e. The highest BCUT2D eigenvalue weighted by atomic mass is 32.2. The van der Waals surface area contributed by atoms with E-state index in [2.05, 4.69) is 9.46 Å². The summed E-state index contributed by atoms with van der Waals surface area (Å²) in [5.41, 5.74) is 0.626. The van der Waals surface area contributed by atoms with E-state index in [-0.39, 0.29) is 17.3 Å². The van der Waals surface area contributed by atoms with Crippen molar-refractivity contribution in [1.82, 2.24) is 0 Å². The van der Waals surface area contributed by atoms with Crippen LogP contribution < -0.4 is 14.2 Å². The fourth-order valence-electron chi connectivity index (χ4n) is 2.06. The molecule has 0 spiro atoms. The Morgan fingerprint density at radius 3 is 2.48 bits per heavy atom. The molecule has 0 amide bonds. The topological polar surface area (TPSA) is 90.9 Å². The van der Waals surface area contributed by atoms with Gasteiger partial charge < -0.3 is 14.2 Å². The molecule has 1 N–H and O–H groups in total. The molecule has 0 saturated carbocycles. The number of carbonyl (C=O) groups excluding carboxylic acids is 1. The maximum atomic E-state index is 12.4. The van der Waals surface area contributed by atoms with Gasteiger partial charge in [-0.05, 0) is 36.4 Å². The van der Waals surface area contributed by atoms with Crippen LogP contribution in [0.4, 0.5) is 5.69 Å². The normalized spacial score (nSPS) is 12.7. The van der Waals surface area contributed by atoms with Crippen LogP contribution in [0.15, 0.2) is 47.4 Å². The molecule has 1 aliphatic rings. The number of sulfonamides is 1. The Morgan fingerprint density at radius 2 is 1.78 bits per heavy atom. The third kappa shape index (κ3) is 3.07. The molecular formula is C15H13NO6S. The lowest BCUT2D eigenvalue weighted by atomic mass is 10.2. The zero-order chi connectivity index (χ0) is 16.4. The standard InChI is InChI=1S/C15H13NO6S/c1-20-15(17)10-2-5-12(6-3-10)23(18,19)16-11-4-7-13-14(8-11)22-9-21-13/h2-8,16H,9H2,1H3. The summed E-state index contributed by atoms with van der Waals surface area (Å²) in [6, 6.07) is 10.2. The minimum atomic E-state index is -3.78. The van der Waals surface area contributed by atoms with E-state index in [9.17, 15) is 13.2 Å². The van der Waals surface area contributed by atoms with Crippen molar-refractivity contribution in [2.45, 2.75) is 4.90 Å². The van der Waals surface area contributed by atoms with E-state index in [0.717, 1.165) is 0 Å². The number of fused-ring (bicyclic) bond motifs is 1. The van der Waals surface area contributed by atoms with Crippen LogP contribution in [0.2, 0.25) is 0 Å². The Labute approximate surface area is 132 Å². The second kappa shape index (κ2) is 5.81. The summed E-state index contributed by atoms with van der Waals surface area (Å²) >= 11 is 0. The Morgan fingerprint density at radius 1 is 1.09 bits per heavy atom. The van der Waals surface area contributed by atoms with Crippen molar-refractivity contribution in [3.8, 4) is 11.5 Å². The van der Waals surface area contributed by atoms with Gasteiger partial charge in [0.1, 0.15) is 0 Å². The summed E-state index contributed by atoms with van der Waals surface area (Å²) < 4.78 is 42.1. The fraction of sp³-hybridized carbons (Fsp3) is 0.133. The number of hydrogen-bond donors (Lipinski definition) is 1. The maximum Gasteiger partial charge on any atom is 0.337 e. The van der Waals surface area contributed by atoms with Crippen LogP contribution in [0, 0.1) is 0 Å². The van der Waals surface area contributed by atoms with Gasteiger partial charge in [0.2, 0.25) is 6.79 Å². The number of methoxy groups -OCH3 is 1. The number of nitrogens with one attached hydrogen (secondary N) is 1. The van der Waals surface area contributed by atoms with Crippen molar-refractivity contribution in [3.05, 3.63) is 48.0 Å². The molecule has 0 aromatic heterocycles. The van der Waals surface area contributed by atoms with Crippen molar-refractivity contribution in [3.63, 3.8) is 0 Å². The highest BCUT2D eigenvalue weighted by Crippen LogP contribution is 2.34. The van der Waals surface area contributed by atoms with Crippen LogP contribution in [-0.2, 0) is 14.8 Å². The molecule has 0 bridgehead atoms. The zero-order valence-electron chi connectivity index (χ0n) is 12.1. The van der Waals surface area contributed by atoms with E-state index >= 15 is 0 Å². The molecule has 0 saturated heterocycles. The molecule has 0 unspecified atom stereocenters. The Balaban J connectivity index is 1.82. The van der Waals surface area contributed by atoms with Gasteiger partial charge in [0, 0.05) is 6.07 Å². The minimum absolute atomic E-state index is 0.0304. The van der Waals surface area contributed by atoms with E-state index in [4.69, 9.17) is 9.47 Å². The summed E-state index contributed by atoms with van der Waals surface area (Å²) in [7, 11) is -2.52. The average Bonchev–Trinajstić information content (AvgIpc) is 3.01. The second-order valence-electron chi connectivity index (χ2n) is 4.69. The van der Waals surface area contributed by atoms with Gasteiger partial charge in [-0.3, -0.25) is 4.72 Å². The van der Waals surface area contributed by atoms with E-state index < -0.39 is 16.0 Å². The molecule has 8 heteroatoms. The van der Waals surface area contributed by atoms with E-state index in [1.54, 1.807) is 18.2 Å². The molecule has 0 atom stereocenters. The Kier molecular flexibility index (Phi) is 3.83. The zero-order valence-corrected chi connectivity index (χ0v) is 12.9. The number of rotatable bonds is 4. The molecule has 0 radical (unpaired) electrons. The number of ether oxygens (including phenoxy) is 3. The van der Waals surface area contributed by atoms with Gasteiger partial charge in [0.25, 0.3) is 10.0 Å². The van der Waals surface area contributed by atoms with Crippen LogP contribution in [0.1, 0.15) is 10.4 Å². The van der Waals surface area contributed by atoms with Crippen LogP contribution >= 0.6 is 0 Å². The highest BCUT2D eigenvalue weighted by molar-refractivity contribution is 7.92. The Bertz CT molecular complexity index is 845. The molecule has 2 aromatic carbocycles. The third-order valence-corrected chi connectivity index (χ3v) is 4.61. The van der Waals surface area contributed by atoms with Gasteiger partial charge in [0.05, 0.1) is 23.3 Å². The summed E-state index contributed by atoms with van der Waals surface area (Å²) in [6.07, 6.45) is 0. The largest absolute Gasteiger partial charge is 0.465 e. The predicted molar refractivity (Wildman–Crippen MR) is 81.2 cm³/mol. The van der Waals surface area contributed by atoms with Gasteiger partial charge in [-0.2, -0.15) is 0 Å². The lowest BCUT2D eigenvalue weighted by molar-refractivity contribution is 0.0600. The molecule has 0 aliphatic carbocycles. The van der Waals surface area contributed by atoms with Crippen molar-refractivity contribution in [2.24, 2.45) is 0 Å². The van der Waals surface area contributed by atoms with Crippen LogP contribution in [0.5, 0.6) is 11.5 Å². The summed E-state index contributed by atoms with van der Waals surface area (Å²) in [5.74, 6) is 0.513. The van der Waals surface area contributed by atoms with Gasteiger partial charge in [0.15, 0.2) is 11.5 Å². The van der Waals surface area contributed by atoms with Gasteiger partial charge in [-0.15, -0.1) is 0 Å². The van der Waals surface area contributed by atoms with Crippen molar-refractivity contribution in [2.75, 3.05) is 18.6 Å². The number of esters is 1. The molecule has 1 aliphatic heterocycles. The van der Waals surface area contributed by atoms with E-state index in [1.807, 2.05) is 0 Å². The lowest BCUT2D eigenvalue weighted by Crippen LogP contribution is -2.13. The number of benzene rings is 2. The molecule has 7 nitrogen and oxygen atoms in total. The molecule has 23 heavy (non-hydrogen) atoms. The molecule has 120 valence electrons. The summed E-state index contributed by atoms with van der Waals surface area (Å²) in [6.45, 7) is 0.112. The first-order valence-electron chi connectivity index (χ1n) is 6.60. The van der Waals surface area contributed by atoms with Gasteiger partial charge >= 0.3 is 5.97 Å². The molecule has 1 heterocycles. The minimum Gasteiger partial charge on any atom is -0.465 e. The number of hydrogen-bond acceptors (Lipinski definition) is 6. The predicted octanol–water partition coefficient (Wildman–Crippen LogP) is 2.00. The molecule has 2 aromatic rings. The SMILES string of the molecule is COC(=O)c1ccc(S(=O)(=O)Nc2ccc3c(c2)OCO3)cc1. The monoisotopic (exact) mass is 335 g/mol. The Hall–Kier alpha value is -2.74. The van der Waals surface area contributed by atoms with E-state index in [0.29, 0.717) is 17.2 Å². The average molecular weight is 335 g/mol. The van der Waals surface area contributed by atoms with Crippen molar-refractivity contribution < 1.29 is 27.4 Å². The number of carbonyl (C=O) groups is 1. The second-order valence-corrected chi connectivity index (χ2v) is 6.37. The molecule has 3 rings (SSSR count). The quantitative estimate of drug-likeness (QED) is 0.860. The summed E-state index contributed by atoms with van der Waals surface area (Å²) in [4.78, 5) is 11.4. The number of anilines is 1. The highest BCUT2D eigenvalue weighted by Gasteiger charge is 2.18. The van der Waals surface area contributed by atoms with Crippen molar-refractivity contribution >= 4 is 21.7 Å². The van der Waals surface area contributed by atoms with Crippen LogP contribution in [-0.4, -0.2) is 28.3 Å². The molecule has 0 fully saturated rings. The maximum absolute atomic E-state index is 12.4. The lowest BCUT2D eigenvalue weighted by Gasteiger charge is -2.09. The first-order valence-corrected chi connectivity index (χ1v) is 8.09. The van der Waals surface area contributed by atoms with Crippen molar-refractivity contribution in [1.29, 1.82) is 0 Å². The van der Waals surface area contributed by atoms with E-state index in [1.165, 1.54) is 31.4 Å². The summed E-state index contributed by atoms with van der Waals surface area (Å²) in [5, 5.41) is 0. The first kappa shape index (κ1) is 15.2.